The lowest BCUT2D eigenvalue weighted by molar-refractivity contribution is -0.0959. The minimum absolute atomic E-state index is 0.645. The molecule has 0 aliphatic heterocycles. The molecule has 0 bridgehead atoms. The standard InChI is InChI=1S/C6H12O8S2/c7-1-3(8)5(9)6(10)4(2-15)14-16(11,12)13/h2-10H,1H2,(H,11,12,13)/t3-,4+,5-,6-/m1/s1. The zero-order chi connectivity index (χ0) is 12.9. The molecule has 16 heavy (non-hydrogen) atoms. The van der Waals surface area contributed by atoms with Crippen molar-refractivity contribution in [3.8, 4) is 0 Å². The van der Waals surface area contributed by atoms with Crippen LogP contribution in [-0.2, 0) is 14.6 Å². The Labute approximate surface area is 97.1 Å². The average Bonchev–Trinajstić information content (AvgIpc) is 2.21. The Bertz CT molecular complexity index is 314. The van der Waals surface area contributed by atoms with E-state index in [4.69, 9.17) is 14.8 Å². The number of aliphatic hydroxyl groups excluding tert-OH is 4. The van der Waals surface area contributed by atoms with Crippen molar-refractivity contribution in [1.82, 2.24) is 0 Å². The first-order valence-electron chi connectivity index (χ1n) is 3.99. The molecule has 96 valence electrons. The van der Waals surface area contributed by atoms with Gasteiger partial charge in [-0.3, -0.25) is 4.55 Å². The Morgan fingerprint density at radius 2 is 1.75 bits per heavy atom. The first-order valence-corrected chi connectivity index (χ1v) is 5.82. The van der Waals surface area contributed by atoms with E-state index in [1.807, 2.05) is 0 Å². The van der Waals surface area contributed by atoms with Crippen LogP contribution in [0.5, 0.6) is 0 Å². The molecule has 0 aromatic heterocycles. The van der Waals surface area contributed by atoms with Gasteiger partial charge in [0.05, 0.1) is 6.61 Å². The van der Waals surface area contributed by atoms with Crippen LogP contribution < -0.4 is 0 Å². The van der Waals surface area contributed by atoms with Crippen LogP contribution in [0.25, 0.3) is 0 Å². The fourth-order valence-electron chi connectivity index (χ4n) is 0.830. The molecule has 10 heteroatoms. The summed E-state index contributed by atoms with van der Waals surface area (Å²) in [6, 6.07) is 0. The van der Waals surface area contributed by atoms with Crippen molar-refractivity contribution in [2.24, 2.45) is 0 Å². The van der Waals surface area contributed by atoms with Crippen molar-refractivity contribution in [2.45, 2.75) is 24.4 Å². The van der Waals surface area contributed by atoms with Gasteiger partial charge >= 0.3 is 10.4 Å². The fraction of sp³-hybridized carbons (Fsp3) is 0.833. The normalized spacial score (nSPS) is 19.8. The first kappa shape index (κ1) is 15.8. The van der Waals surface area contributed by atoms with Crippen LogP contribution >= 0.6 is 12.2 Å². The molecule has 0 heterocycles. The van der Waals surface area contributed by atoms with Crippen LogP contribution in [0.1, 0.15) is 0 Å². The van der Waals surface area contributed by atoms with E-state index in [1.54, 1.807) is 0 Å². The van der Waals surface area contributed by atoms with Crippen LogP contribution in [0.15, 0.2) is 0 Å². The molecule has 5 N–H and O–H groups in total. The lowest BCUT2D eigenvalue weighted by Crippen LogP contribution is -2.47. The summed E-state index contributed by atoms with van der Waals surface area (Å²) in [5.74, 6) is 0. The summed E-state index contributed by atoms with van der Waals surface area (Å²) >= 11 is 4.32. The van der Waals surface area contributed by atoms with Crippen LogP contribution in [0.2, 0.25) is 0 Å². The van der Waals surface area contributed by atoms with Gasteiger partial charge in [0.15, 0.2) is 0 Å². The summed E-state index contributed by atoms with van der Waals surface area (Å²) in [6.45, 7) is -0.853. The third-order valence-electron chi connectivity index (χ3n) is 1.63. The van der Waals surface area contributed by atoms with Gasteiger partial charge in [-0.15, -0.1) is 0 Å². The van der Waals surface area contributed by atoms with Crippen LogP contribution in [-0.4, -0.2) is 69.8 Å². The Morgan fingerprint density at radius 1 is 1.25 bits per heavy atom. The van der Waals surface area contributed by atoms with E-state index >= 15 is 0 Å². The second-order valence-corrected chi connectivity index (χ2v) is 4.18. The largest absolute Gasteiger partial charge is 0.398 e. The van der Waals surface area contributed by atoms with Gasteiger partial charge in [0, 0.05) is 5.37 Å². The van der Waals surface area contributed by atoms with E-state index in [0.717, 1.165) is 0 Å². The van der Waals surface area contributed by atoms with E-state index in [1.165, 1.54) is 0 Å². The van der Waals surface area contributed by atoms with Gasteiger partial charge in [-0.05, 0) is 0 Å². The second-order valence-electron chi connectivity index (χ2n) is 2.86. The number of aliphatic hydroxyl groups is 4. The summed E-state index contributed by atoms with van der Waals surface area (Å²) in [4.78, 5) is 0. The highest BCUT2D eigenvalue weighted by atomic mass is 32.3. The topological polar surface area (TPSA) is 145 Å². The predicted octanol–water partition coefficient (Wildman–Crippen LogP) is -2.75. The van der Waals surface area contributed by atoms with Gasteiger partial charge in [-0.25, -0.2) is 4.18 Å². The molecule has 0 saturated carbocycles. The first-order chi connectivity index (χ1) is 7.22. The number of hydrogen-bond donors (Lipinski definition) is 5. The summed E-state index contributed by atoms with van der Waals surface area (Å²) in [5, 5.41) is 36.6. The smallest absolute Gasteiger partial charge is 0.394 e. The molecule has 0 amide bonds. The zero-order valence-corrected chi connectivity index (χ0v) is 9.50. The third kappa shape index (κ3) is 5.23. The van der Waals surface area contributed by atoms with E-state index in [0.29, 0.717) is 5.37 Å². The Hall–Kier alpha value is -0.200. The molecule has 8 nitrogen and oxygen atoms in total. The van der Waals surface area contributed by atoms with Gasteiger partial charge in [0.2, 0.25) is 0 Å². The molecule has 0 saturated heterocycles. The van der Waals surface area contributed by atoms with Crippen LogP contribution in [0, 0.1) is 0 Å². The van der Waals surface area contributed by atoms with E-state index < -0.39 is 41.4 Å². The van der Waals surface area contributed by atoms with Gasteiger partial charge in [0.1, 0.15) is 24.4 Å². The molecule has 0 aromatic carbocycles. The highest BCUT2D eigenvalue weighted by Gasteiger charge is 2.33. The second kappa shape index (κ2) is 6.51. The van der Waals surface area contributed by atoms with Crippen molar-refractivity contribution in [3.05, 3.63) is 0 Å². The number of thiocarbonyl (C=S) groups is 1. The van der Waals surface area contributed by atoms with E-state index in [-0.39, 0.29) is 0 Å². The van der Waals surface area contributed by atoms with Crippen molar-refractivity contribution in [3.63, 3.8) is 0 Å². The Morgan fingerprint density at radius 3 is 2.06 bits per heavy atom. The van der Waals surface area contributed by atoms with Gasteiger partial charge in [-0.2, -0.15) is 8.42 Å². The van der Waals surface area contributed by atoms with Crippen molar-refractivity contribution < 1.29 is 37.6 Å². The molecule has 0 aliphatic carbocycles. The summed E-state index contributed by atoms with van der Waals surface area (Å²) < 4.78 is 32.9. The van der Waals surface area contributed by atoms with Crippen LogP contribution in [0.3, 0.4) is 0 Å². The maximum Gasteiger partial charge on any atom is 0.398 e. The zero-order valence-electron chi connectivity index (χ0n) is 7.87. The van der Waals surface area contributed by atoms with Gasteiger partial charge in [0.25, 0.3) is 0 Å². The molecule has 0 radical (unpaired) electrons. The SMILES string of the molecule is O=S(=O)(O)O[C@@H](C=S)[C@@H](O)[C@H](O)[C@H](O)CO. The van der Waals surface area contributed by atoms with Crippen molar-refractivity contribution in [1.29, 1.82) is 0 Å². The molecular formula is C6H12O8S2. The van der Waals surface area contributed by atoms with E-state index in [2.05, 4.69) is 16.4 Å². The maximum atomic E-state index is 10.3. The molecule has 4 atom stereocenters. The van der Waals surface area contributed by atoms with E-state index in [9.17, 15) is 18.6 Å². The van der Waals surface area contributed by atoms with Crippen LogP contribution in [0.4, 0.5) is 0 Å². The third-order valence-corrected chi connectivity index (χ3v) is 2.37. The molecule has 0 aromatic rings. The monoisotopic (exact) mass is 276 g/mol. The average molecular weight is 276 g/mol. The quantitative estimate of drug-likeness (QED) is 0.247. The number of rotatable bonds is 7. The molecular weight excluding hydrogens is 264 g/mol. The maximum absolute atomic E-state index is 10.3. The Kier molecular flexibility index (Phi) is 6.43. The fourth-order valence-corrected chi connectivity index (χ4v) is 1.57. The van der Waals surface area contributed by atoms with Gasteiger partial charge < -0.3 is 20.4 Å². The van der Waals surface area contributed by atoms with Crippen molar-refractivity contribution >= 4 is 28.0 Å². The van der Waals surface area contributed by atoms with Gasteiger partial charge in [-0.1, -0.05) is 12.2 Å². The number of hydrogen-bond acceptors (Lipinski definition) is 8. The predicted molar refractivity (Wildman–Crippen MR) is 55.2 cm³/mol. The highest BCUT2D eigenvalue weighted by molar-refractivity contribution is 7.81. The summed E-state index contributed by atoms with van der Waals surface area (Å²) in [7, 11) is -4.86. The molecule has 0 spiro atoms. The highest BCUT2D eigenvalue weighted by Crippen LogP contribution is 2.09. The minimum atomic E-state index is -4.86. The lowest BCUT2D eigenvalue weighted by Gasteiger charge is -2.25. The molecule has 0 unspecified atom stereocenters. The lowest BCUT2D eigenvalue weighted by atomic mass is 10.0. The van der Waals surface area contributed by atoms with Crippen molar-refractivity contribution in [2.75, 3.05) is 6.61 Å². The summed E-state index contributed by atoms with van der Waals surface area (Å²) in [5.41, 5.74) is 0. The molecule has 0 fully saturated rings. The summed E-state index contributed by atoms with van der Waals surface area (Å²) in [6.07, 6.45) is -7.21. The molecule has 0 aliphatic rings. The minimum Gasteiger partial charge on any atom is -0.394 e. The Balaban J connectivity index is 4.65. The molecule has 0 rings (SSSR count).